The van der Waals surface area contributed by atoms with Crippen molar-refractivity contribution in [2.45, 2.75) is 38.6 Å². The molecule has 0 aliphatic heterocycles. The van der Waals surface area contributed by atoms with Crippen LogP contribution in [0.3, 0.4) is 0 Å². The number of nitrogens with zero attached hydrogens (tertiary/aromatic N) is 2. The van der Waals surface area contributed by atoms with Gasteiger partial charge in [0.25, 0.3) is 0 Å². The van der Waals surface area contributed by atoms with Crippen LogP contribution >= 0.6 is 0 Å². The topological polar surface area (TPSA) is 43.3 Å². The fourth-order valence-electron chi connectivity index (χ4n) is 2.48. The van der Waals surface area contributed by atoms with Gasteiger partial charge in [-0.05, 0) is 31.4 Å². The molecule has 1 saturated carbocycles. The number of hydrogen-bond donors (Lipinski definition) is 1. The molecule has 2 aromatic rings. The molecule has 3 heteroatoms. The summed E-state index contributed by atoms with van der Waals surface area (Å²) in [6.45, 7) is 2.68. The summed E-state index contributed by atoms with van der Waals surface area (Å²) >= 11 is 0. The van der Waals surface area contributed by atoms with Gasteiger partial charge in [0.1, 0.15) is 5.65 Å². The van der Waals surface area contributed by atoms with Gasteiger partial charge in [0.15, 0.2) is 0 Å². The van der Waals surface area contributed by atoms with Crippen molar-refractivity contribution in [3.05, 3.63) is 35.3 Å². The van der Waals surface area contributed by atoms with Crippen LogP contribution in [0.2, 0.25) is 0 Å². The van der Waals surface area contributed by atoms with E-state index < -0.39 is 0 Å². The quantitative estimate of drug-likeness (QED) is 0.835. The summed E-state index contributed by atoms with van der Waals surface area (Å²) in [6.07, 6.45) is 5.95. The second-order valence-corrected chi connectivity index (χ2v) is 4.66. The summed E-state index contributed by atoms with van der Waals surface area (Å²) < 4.78 is 2.16. The minimum absolute atomic E-state index is 0.580. The zero-order valence-electron chi connectivity index (χ0n) is 9.61. The number of rotatable bonds is 2. The summed E-state index contributed by atoms with van der Waals surface area (Å²) in [4.78, 5) is 4.79. The molecule has 0 amide bonds. The van der Waals surface area contributed by atoms with Gasteiger partial charge in [-0.15, -0.1) is 0 Å². The van der Waals surface area contributed by atoms with Crippen molar-refractivity contribution in [2.75, 3.05) is 0 Å². The SMILES string of the molecule is Cc1cccn2c(CN)c(C3CCC3)nc12. The number of pyridine rings is 1. The predicted molar refractivity (Wildman–Crippen MR) is 64.4 cm³/mol. The Kier molecular flexibility index (Phi) is 2.21. The van der Waals surface area contributed by atoms with Crippen molar-refractivity contribution in [3.8, 4) is 0 Å². The van der Waals surface area contributed by atoms with Crippen molar-refractivity contribution in [1.82, 2.24) is 9.38 Å². The van der Waals surface area contributed by atoms with Crippen LogP contribution in [0.5, 0.6) is 0 Å². The van der Waals surface area contributed by atoms with Gasteiger partial charge >= 0.3 is 0 Å². The van der Waals surface area contributed by atoms with E-state index in [0.29, 0.717) is 12.5 Å². The smallest absolute Gasteiger partial charge is 0.140 e. The molecule has 0 saturated heterocycles. The van der Waals surface area contributed by atoms with Crippen LogP contribution in [-0.2, 0) is 6.54 Å². The summed E-state index contributed by atoms with van der Waals surface area (Å²) in [5.41, 5.74) is 10.6. The highest BCUT2D eigenvalue weighted by Crippen LogP contribution is 2.37. The van der Waals surface area contributed by atoms with E-state index in [1.165, 1.54) is 36.2 Å². The summed E-state index contributed by atoms with van der Waals surface area (Å²) in [5, 5.41) is 0. The standard InChI is InChI=1S/C13H17N3/c1-9-4-3-7-16-11(8-14)12(15-13(9)16)10-5-2-6-10/h3-4,7,10H,2,5-6,8,14H2,1H3. The molecule has 0 spiro atoms. The van der Waals surface area contributed by atoms with Crippen molar-refractivity contribution in [3.63, 3.8) is 0 Å². The van der Waals surface area contributed by atoms with E-state index in [1.54, 1.807) is 0 Å². The Morgan fingerprint density at radius 1 is 1.50 bits per heavy atom. The Hall–Kier alpha value is -1.35. The Morgan fingerprint density at radius 2 is 2.31 bits per heavy atom. The molecule has 84 valence electrons. The van der Waals surface area contributed by atoms with Crippen LogP contribution in [0.25, 0.3) is 5.65 Å². The molecule has 1 aliphatic carbocycles. The maximum absolute atomic E-state index is 5.87. The minimum Gasteiger partial charge on any atom is -0.325 e. The maximum Gasteiger partial charge on any atom is 0.140 e. The van der Waals surface area contributed by atoms with E-state index in [4.69, 9.17) is 10.7 Å². The van der Waals surface area contributed by atoms with Crippen molar-refractivity contribution in [1.29, 1.82) is 0 Å². The third kappa shape index (κ3) is 1.28. The molecular formula is C13H17N3. The summed E-state index contributed by atoms with van der Waals surface area (Å²) in [5.74, 6) is 0.651. The highest BCUT2D eigenvalue weighted by atomic mass is 15.0. The predicted octanol–water partition coefficient (Wildman–Crippen LogP) is 2.37. The number of nitrogens with two attached hydrogens (primary N) is 1. The zero-order valence-corrected chi connectivity index (χ0v) is 9.61. The maximum atomic E-state index is 5.87. The lowest BCUT2D eigenvalue weighted by atomic mass is 9.82. The fourth-order valence-corrected chi connectivity index (χ4v) is 2.48. The number of aromatic nitrogens is 2. The Bertz CT molecular complexity index is 523. The second-order valence-electron chi connectivity index (χ2n) is 4.66. The monoisotopic (exact) mass is 215 g/mol. The summed E-state index contributed by atoms with van der Waals surface area (Å²) in [6, 6.07) is 4.17. The third-order valence-corrected chi connectivity index (χ3v) is 3.66. The number of aryl methyl sites for hydroxylation is 1. The molecule has 2 N–H and O–H groups in total. The minimum atomic E-state index is 0.580. The van der Waals surface area contributed by atoms with Crippen molar-refractivity contribution >= 4 is 5.65 Å². The van der Waals surface area contributed by atoms with Gasteiger partial charge < -0.3 is 10.1 Å². The summed E-state index contributed by atoms with van der Waals surface area (Å²) in [7, 11) is 0. The normalized spacial score (nSPS) is 16.6. The lowest BCUT2D eigenvalue weighted by molar-refractivity contribution is 0.409. The molecule has 2 aromatic heterocycles. The first kappa shape index (κ1) is 9.85. The van der Waals surface area contributed by atoms with Crippen LogP contribution in [0.15, 0.2) is 18.3 Å². The van der Waals surface area contributed by atoms with Gasteiger partial charge in [0, 0.05) is 18.7 Å². The molecular weight excluding hydrogens is 198 g/mol. The molecule has 3 rings (SSSR count). The van der Waals surface area contributed by atoms with Gasteiger partial charge in [-0.2, -0.15) is 0 Å². The zero-order chi connectivity index (χ0) is 11.1. The lowest BCUT2D eigenvalue weighted by Crippen LogP contribution is -2.13. The highest BCUT2D eigenvalue weighted by Gasteiger charge is 2.25. The Balaban J connectivity index is 2.23. The van der Waals surface area contributed by atoms with Gasteiger partial charge in [-0.3, -0.25) is 0 Å². The van der Waals surface area contributed by atoms with Gasteiger partial charge in [0.05, 0.1) is 11.4 Å². The van der Waals surface area contributed by atoms with E-state index in [1.807, 2.05) is 0 Å². The van der Waals surface area contributed by atoms with Crippen LogP contribution in [0, 0.1) is 6.92 Å². The fraction of sp³-hybridized carbons (Fsp3) is 0.462. The molecule has 1 aliphatic rings. The van der Waals surface area contributed by atoms with E-state index in [2.05, 4.69) is 29.7 Å². The first-order chi connectivity index (χ1) is 7.81. The Morgan fingerprint density at radius 3 is 2.94 bits per heavy atom. The lowest BCUT2D eigenvalue weighted by Gasteiger charge is -2.24. The molecule has 0 bridgehead atoms. The number of hydrogen-bond acceptors (Lipinski definition) is 2. The molecule has 3 nitrogen and oxygen atoms in total. The average molecular weight is 215 g/mol. The van der Waals surface area contributed by atoms with E-state index in [-0.39, 0.29) is 0 Å². The van der Waals surface area contributed by atoms with Crippen LogP contribution in [0.1, 0.15) is 42.1 Å². The molecule has 16 heavy (non-hydrogen) atoms. The van der Waals surface area contributed by atoms with Gasteiger partial charge in [0.2, 0.25) is 0 Å². The molecule has 1 fully saturated rings. The third-order valence-electron chi connectivity index (χ3n) is 3.66. The van der Waals surface area contributed by atoms with E-state index in [9.17, 15) is 0 Å². The van der Waals surface area contributed by atoms with Crippen molar-refractivity contribution < 1.29 is 0 Å². The number of fused-ring (bicyclic) bond motifs is 1. The first-order valence-electron chi connectivity index (χ1n) is 5.97. The van der Waals surface area contributed by atoms with Gasteiger partial charge in [-0.25, -0.2) is 4.98 Å². The molecule has 0 atom stereocenters. The van der Waals surface area contributed by atoms with E-state index >= 15 is 0 Å². The largest absolute Gasteiger partial charge is 0.325 e. The molecule has 0 aromatic carbocycles. The Labute approximate surface area is 95.3 Å². The molecule has 2 heterocycles. The average Bonchev–Trinajstić information content (AvgIpc) is 2.55. The second kappa shape index (κ2) is 3.59. The molecule has 0 unspecified atom stereocenters. The highest BCUT2D eigenvalue weighted by molar-refractivity contribution is 5.51. The molecule has 0 radical (unpaired) electrons. The van der Waals surface area contributed by atoms with Crippen LogP contribution < -0.4 is 5.73 Å². The van der Waals surface area contributed by atoms with E-state index in [0.717, 1.165) is 5.65 Å². The first-order valence-corrected chi connectivity index (χ1v) is 5.97. The number of imidazole rings is 1. The van der Waals surface area contributed by atoms with Crippen LogP contribution in [-0.4, -0.2) is 9.38 Å². The van der Waals surface area contributed by atoms with Crippen LogP contribution in [0.4, 0.5) is 0 Å². The van der Waals surface area contributed by atoms with Gasteiger partial charge in [-0.1, -0.05) is 12.5 Å². The van der Waals surface area contributed by atoms with Crippen molar-refractivity contribution in [2.24, 2.45) is 5.73 Å².